The van der Waals surface area contributed by atoms with Crippen LogP contribution in [-0.2, 0) is 14.3 Å². The summed E-state index contributed by atoms with van der Waals surface area (Å²) in [6, 6.07) is -0.466. The molecule has 0 radical (unpaired) electrons. The van der Waals surface area contributed by atoms with Crippen molar-refractivity contribution in [3.05, 3.63) is 0 Å². The number of carbonyl (C=O) groups is 2. The molecule has 2 saturated heterocycles. The zero-order chi connectivity index (χ0) is 17.0. The summed E-state index contributed by atoms with van der Waals surface area (Å²) >= 11 is 0. The van der Waals surface area contributed by atoms with Gasteiger partial charge in [-0.25, -0.2) is 0 Å². The van der Waals surface area contributed by atoms with Crippen LogP contribution < -0.4 is 5.32 Å². The molecule has 2 amide bonds. The third-order valence-electron chi connectivity index (χ3n) is 4.57. The zero-order valence-corrected chi connectivity index (χ0v) is 14.9. The lowest BCUT2D eigenvalue weighted by Gasteiger charge is -2.37. The van der Waals surface area contributed by atoms with Crippen molar-refractivity contribution in [1.29, 1.82) is 0 Å². The molecule has 23 heavy (non-hydrogen) atoms. The van der Waals surface area contributed by atoms with Crippen LogP contribution in [0.2, 0.25) is 0 Å². The minimum atomic E-state index is -0.478. The minimum absolute atomic E-state index is 0.0133. The maximum absolute atomic E-state index is 12.5. The van der Waals surface area contributed by atoms with Crippen molar-refractivity contribution >= 4 is 11.8 Å². The standard InChI is InChI=1S/C17H31N3O3/c1-13(18-16(22)17(2,3)4)15(21)20-9-7-19(8-10-20)12-14-6-5-11-23-14/h13-14H,5-12H2,1-4H3,(H,18,22). The molecular formula is C17H31N3O3. The van der Waals surface area contributed by atoms with Gasteiger partial charge in [-0.3, -0.25) is 14.5 Å². The monoisotopic (exact) mass is 325 g/mol. The van der Waals surface area contributed by atoms with Gasteiger partial charge >= 0.3 is 0 Å². The predicted molar refractivity (Wildman–Crippen MR) is 89.1 cm³/mol. The molecule has 2 unspecified atom stereocenters. The topological polar surface area (TPSA) is 61.9 Å². The molecule has 0 bridgehead atoms. The summed E-state index contributed by atoms with van der Waals surface area (Å²) < 4.78 is 5.67. The van der Waals surface area contributed by atoms with Crippen molar-refractivity contribution in [2.24, 2.45) is 5.41 Å². The van der Waals surface area contributed by atoms with Crippen LogP contribution in [0.1, 0.15) is 40.5 Å². The van der Waals surface area contributed by atoms with Crippen LogP contribution in [0.5, 0.6) is 0 Å². The Hall–Kier alpha value is -1.14. The van der Waals surface area contributed by atoms with Gasteiger partial charge < -0.3 is 15.0 Å². The van der Waals surface area contributed by atoms with Crippen molar-refractivity contribution in [2.75, 3.05) is 39.3 Å². The van der Waals surface area contributed by atoms with E-state index in [1.807, 2.05) is 25.7 Å². The van der Waals surface area contributed by atoms with Gasteiger partial charge in [-0.15, -0.1) is 0 Å². The molecular weight excluding hydrogens is 294 g/mol. The van der Waals surface area contributed by atoms with E-state index >= 15 is 0 Å². The molecule has 0 aromatic rings. The highest BCUT2D eigenvalue weighted by molar-refractivity contribution is 5.89. The maximum Gasteiger partial charge on any atom is 0.244 e. The van der Waals surface area contributed by atoms with Crippen molar-refractivity contribution in [1.82, 2.24) is 15.1 Å². The Morgan fingerprint density at radius 1 is 1.22 bits per heavy atom. The van der Waals surface area contributed by atoms with Crippen LogP contribution in [0, 0.1) is 5.41 Å². The van der Waals surface area contributed by atoms with E-state index in [9.17, 15) is 9.59 Å². The van der Waals surface area contributed by atoms with Crippen LogP contribution in [0.25, 0.3) is 0 Å². The number of amides is 2. The Morgan fingerprint density at radius 2 is 1.87 bits per heavy atom. The fourth-order valence-electron chi connectivity index (χ4n) is 2.98. The summed E-state index contributed by atoms with van der Waals surface area (Å²) in [6.07, 6.45) is 2.67. The molecule has 0 aromatic heterocycles. The fraction of sp³-hybridized carbons (Fsp3) is 0.882. The van der Waals surface area contributed by atoms with Crippen molar-refractivity contribution in [3.8, 4) is 0 Å². The summed E-state index contributed by atoms with van der Waals surface area (Å²) in [5.74, 6) is -0.0743. The quantitative estimate of drug-likeness (QED) is 0.833. The van der Waals surface area contributed by atoms with Gasteiger partial charge in [0.05, 0.1) is 6.10 Å². The third kappa shape index (κ3) is 5.18. The van der Waals surface area contributed by atoms with E-state index in [2.05, 4.69) is 10.2 Å². The number of hydrogen-bond acceptors (Lipinski definition) is 4. The Bertz CT molecular complexity index is 419. The normalized spacial score (nSPS) is 24.5. The van der Waals surface area contributed by atoms with Gasteiger partial charge in [0.1, 0.15) is 6.04 Å². The highest BCUT2D eigenvalue weighted by atomic mass is 16.5. The van der Waals surface area contributed by atoms with E-state index in [1.54, 1.807) is 6.92 Å². The van der Waals surface area contributed by atoms with Gasteiger partial charge in [0.15, 0.2) is 0 Å². The Morgan fingerprint density at radius 3 is 2.39 bits per heavy atom. The minimum Gasteiger partial charge on any atom is -0.377 e. The molecule has 2 fully saturated rings. The van der Waals surface area contributed by atoms with Crippen LogP contribution in [0.15, 0.2) is 0 Å². The van der Waals surface area contributed by atoms with Crippen LogP contribution >= 0.6 is 0 Å². The molecule has 6 heteroatoms. The molecule has 2 rings (SSSR count). The summed E-state index contributed by atoms with van der Waals surface area (Å²) in [7, 11) is 0. The van der Waals surface area contributed by atoms with Gasteiger partial charge in [-0.2, -0.15) is 0 Å². The predicted octanol–water partition coefficient (Wildman–Crippen LogP) is 0.860. The number of nitrogens with one attached hydrogen (secondary N) is 1. The lowest BCUT2D eigenvalue weighted by Crippen LogP contribution is -2.55. The molecule has 0 aromatic carbocycles. The number of carbonyl (C=O) groups excluding carboxylic acids is 2. The summed E-state index contributed by atoms with van der Waals surface area (Å²) in [4.78, 5) is 28.7. The number of hydrogen-bond donors (Lipinski definition) is 1. The van der Waals surface area contributed by atoms with E-state index in [0.29, 0.717) is 6.10 Å². The zero-order valence-electron chi connectivity index (χ0n) is 14.9. The molecule has 0 spiro atoms. The summed E-state index contributed by atoms with van der Waals surface area (Å²) in [5.41, 5.74) is -0.478. The number of piperazine rings is 1. The first kappa shape index (κ1) is 18.2. The average molecular weight is 325 g/mol. The van der Waals surface area contributed by atoms with E-state index in [-0.39, 0.29) is 11.8 Å². The van der Waals surface area contributed by atoms with Gasteiger partial charge in [0.25, 0.3) is 0 Å². The molecule has 6 nitrogen and oxygen atoms in total. The molecule has 2 heterocycles. The number of rotatable bonds is 4. The molecule has 0 saturated carbocycles. The van der Waals surface area contributed by atoms with E-state index in [4.69, 9.17) is 4.74 Å². The molecule has 1 N–H and O–H groups in total. The smallest absolute Gasteiger partial charge is 0.244 e. The molecule has 2 atom stereocenters. The van der Waals surface area contributed by atoms with Gasteiger partial charge in [-0.05, 0) is 19.8 Å². The number of ether oxygens (including phenoxy) is 1. The molecule has 2 aliphatic heterocycles. The van der Waals surface area contributed by atoms with Gasteiger partial charge in [-0.1, -0.05) is 20.8 Å². The lowest BCUT2D eigenvalue weighted by atomic mass is 9.95. The highest BCUT2D eigenvalue weighted by Crippen LogP contribution is 2.15. The second kappa shape index (κ2) is 7.62. The Kier molecular flexibility index (Phi) is 6.03. The highest BCUT2D eigenvalue weighted by Gasteiger charge is 2.30. The first-order valence-electron chi connectivity index (χ1n) is 8.71. The first-order valence-corrected chi connectivity index (χ1v) is 8.71. The first-order chi connectivity index (χ1) is 10.8. The van der Waals surface area contributed by atoms with Crippen molar-refractivity contribution in [3.63, 3.8) is 0 Å². The van der Waals surface area contributed by atoms with Crippen molar-refractivity contribution in [2.45, 2.75) is 52.7 Å². The Balaban J connectivity index is 1.75. The molecule has 0 aliphatic carbocycles. The van der Waals surface area contributed by atoms with Crippen LogP contribution in [0.4, 0.5) is 0 Å². The fourth-order valence-corrected chi connectivity index (χ4v) is 2.98. The SMILES string of the molecule is CC(NC(=O)C(C)(C)C)C(=O)N1CCN(CC2CCCO2)CC1. The lowest BCUT2D eigenvalue weighted by molar-refractivity contribution is -0.139. The molecule has 2 aliphatic rings. The van der Waals surface area contributed by atoms with Crippen LogP contribution in [-0.4, -0.2) is 73.1 Å². The Labute approximate surface area is 139 Å². The van der Waals surface area contributed by atoms with Gasteiger partial charge in [0.2, 0.25) is 11.8 Å². The largest absolute Gasteiger partial charge is 0.377 e. The van der Waals surface area contributed by atoms with E-state index in [0.717, 1.165) is 52.2 Å². The maximum atomic E-state index is 12.5. The second-order valence-corrected chi connectivity index (χ2v) is 7.71. The van der Waals surface area contributed by atoms with Crippen molar-refractivity contribution < 1.29 is 14.3 Å². The summed E-state index contributed by atoms with van der Waals surface area (Å²) in [6.45, 7) is 12.4. The average Bonchev–Trinajstić information content (AvgIpc) is 2.99. The van der Waals surface area contributed by atoms with E-state index < -0.39 is 11.5 Å². The molecule has 132 valence electrons. The van der Waals surface area contributed by atoms with Crippen LogP contribution in [0.3, 0.4) is 0 Å². The summed E-state index contributed by atoms with van der Waals surface area (Å²) in [5, 5.41) is 2.82. The van der Waals surface area contributed by atoms with Gasteiger partial charge in [0, 0.05) is 44.7 Å². The van der Waals surface area contributed by atoms with E-state index in [1.165, 1.54) is 0 Å². The number of nitrogens with zero attached hydrogens (tertiary/aromatic N) is 2. The third-order valence-corrected chi connectivity index (χ3v) is 4.57. The second-order valence-electron chi connectivity index (χ2n) is 7.71.